The van der Waals surface area contributed by atoms with E-state index in [4.69, 9.17) is 9.47 Å². The maximum Gasteiger partial charge on any atom is 0.573 e. The van der Waals surface area contributed by atoms with Crippen molar-refractivity contribution in [2.24, 2.45) is 0 Å². The zero-order valence-corrected chi connectivity index (χ0v) is 16.1. The van der Waals surface area contributed by atoms with Crippen LogP contribution in [0.4, 0.5) is 18.9 Å². The second kappa shape index (κ2) is 8.98. The molecule has 2 rings (SSSR count). The highest BCUT2D eigenvalue weighted by atomic mass is 79.9. The molecule has 9 heteroatoms. The Morgan fingerprint density at radius 3 is 2.41 bits per heavy atom. The van der Waals surface area contributed by atoms with Gasteiger partial charge in [-0.1, -0.05) is 6.92 Å². The van der Waals surface area contributed by atoms with E-state index in [0.29, 0.717) is 28.3 Å². The SMILES string of the molecule is CCCOc1c(Br)cc(C(=O)Nc2ccc(OC(F)(F)F)cc2)cc1OC. The molecule has 0 unspecified atom stereocenters. The fraction of sp³-hybridized carbons (Fsp3) is 0.278. The number of nitrogens with one attached hydrogen (secondary N) is 1. The monoisotopic (exact) mass is 447 g/mol. The summed E-state index contributed by atoms with van der Waals surface area (Å²) in [5, 5.41) is 2.60. The highest BCUT2D eigenvalue weighted by molar-refractivity contribution is 9.10. The number of carbonyl (C=O) groups excluding carboxylic acids is 1. The molecule has 0 aliphatic rings. The molecule has 0 fully saturated rings. The van der Waals surface area contributed by atoms with Crippen LogP contribution in [0, 0.1) is 0 Å². The molecule has 0 saturated heterocycles. The zero-order valence-electron chi connectivity index (χ0n) is 14.5. The van der Waals surface area contributed by atoms with Crippen LogP contribution in [0.2, 0.25) is 0 Å². The van der Waals surface area contributed by atoms with Gasteiger partial charge in [-0.15, -0.1) is 13.2 Å². The lowest BCUT2D eigenvalue weighted by atomic mass is 10.1. The largest absolute Gasteiger partial charge is 0.573 e. The van der Waals surface area contributed by atoms with Gasteiger partial charge in [-0.05, 0) is 58.7 Å². The van der Waals surface area contributed by atoms with Crippen LogP contribution in [0.5, 0.6) is 17.2 Å². The van der Waals surface area contributed by atoms with Crippen LogP contribution in [0.25, 0.3) is 0 Å². The van der Waals surface area contributed by atoms with E-state index in [1.165, 1.54) is 25.3 Å². The van der Waals surface area contributed by atoms with E-state index >= 15 is 0 Å². The fourth-order valence-electron chi connectivity index (χ4n) is 2.14. The number of amides is 1. The molecule has 1 N–H and O–H groups in total. The molecular weight excluding hydrogens is 431 g/mol. The van der Waals surface area contributed by atoms with Crippen molar-refractivity contribution < 1.29 is 32.2 Å². The number of alkyl halides is 3. The first-order valence-electron chi connectivity index (χ1n) is 7.91. The molecule has 2 aromatic carbocycles. The Labute approximate surface area is 162 Å². The summed E-state index contributed by atoms with van der Waals surface area (Å²) >= 11 is 3.35. The second-order valence-electron chi connectivity index (χ2n) is 5.36. The van der Waals surface area contributed by atoms with E-state index in [1.807, 2.05) is 6.92 Å². The third-order valence-electron chi connectivity index (χ3n) is 3.29. The zero-order chi connectivity index (χ0) is 20.0. The molecule has 0 heterocycles. The quantitative estimate of drug-likeness (QED) is 0.617. The first kappa shape index (κ1) is 20.9. The number of hydrogen-bond donors (Lipinski definition) is 1. The minimum Gasteiger partial charge on any atom is -0.493 e. The van der Waals surface area contributed by atoms with Gasteiger partial charge in [0.05, 0.1) is 18.2 Å². The molecule has 0 radical (unpaired) electrons. The molecule has 146 valence electrons. The van der Waals surface area contributed by atoms with E-state index in [1.54, 1.807) is 6.07 Å². The molecule has 0 bridgehead atoms. The first-order chi connectivity index (χ1) is 12.7. The summed E-state index contributed by atoms with van der Waals surface area (Å²) in [7, 11) is 1.46. The van der Waals surface area contributed by atoms with Gasteiger partial charge in [0.15, 0.2) is 11.5 Å². The minimum absolute atomic E-state index is 0.290. The molecule has 1 amide bonds. The number of benzene rings is 2. The summed E-state index contributed by atoms with van der Waals surface area (Å²) in [5.41, 5.74) is 0.606. The molecule has 0 saturated carbocycles. The topological polar surface area (TPSA) is 56.8 Å². The van der Waals surface area contributed by atoms with Gasteiger partial charge in [-0.2, -0.15) is 0 Å². The van der Waals surface area contributed by atoms with Crippen LogP contribution in [0.3, 0.4) is 0 Å². The normalized spacial score (nSPS) is 11.0. The van der Waals surface area contributed by atoms with Gasteiger partial charge in [0.25, 0.3) is 5.91 Å². The lowest BCUT2D eigenvalue weighted by Gasteiger charge is -2.14. The summed E-state index contributed by atoms with van der Waals surface area (Å²) in [5.74, 6) is 0.0457. The summed E-state index contributed by atoms with van der Waals surface area (Å²) in [4.78, 5) is 12.4. The Morgan fingerprint density at radius 2 is 1.85 bits per heavy atom. The lowest BCUT2D eigenvalue weighted by molar-refractivity contribution is -0.274. The Balaban J connectivity index is 2.14. The predicted molar refractivity (Wildman–Crippen MR) is 97.6 cm³/mol. The van der Waals surface area contributed by atoms with Crippen molar-refractivity contribution in [3.63, 3.8) is 0 Å². The van der Waals surface area contributed by atoms with Gasteiger partial charge in [0.2, 0.25) is 0 Å². The maximum atomic E-state index is 12.4. The van der Waals surface area contributed by atoms with Gasteiger partial charge in [0.1, 0.15) is 5.75 Å². The molecule has 0 aliphatic heterocycles. The third kappa shape index (κ3) is 6.06. The number of halogens is 4. The van der Waals surface area contributed by atoms with E-state index in [0.717, 1.165) is 18.6 Å². The number of anilines is 1. The van der Waals surface area contributed by atoms with Crippen molar-refractivity contribution in [2.75, 3.05) is 19.0 Å². The lowest BCUT2D eigenvalue weighted by Crippen LogP contribution is -2.17. The fourth-order valence-corrected chi connectivity index (χ4v) is 2.69. The molecular formula is C18H17BrF3NO4. The Bertz CT molecular complexity index is 794. The smallest absolute Gasteiger partial charge is 0.493 e. The van der Waals surface area contributed by atoms with Crippen LogP contribution in [0.15, 0.2) is 40.9 Å². The van der Waals surface area contributed by atoms with E-state index < -0.39 is 12.3 Å². The number of rotatable bonds is 7. The van der Waals surface area contributed by atoms with Crippen molar-refractivity contribution in [2.45, 2.75) is 19.7 Å². The molecule has 0 spiro atoms. The summed E-state index contributed by atoms with van der Waals surface area (Å²) in [6, 6.07) is 7.94. The van der Waals surface area contributed by atoms with Crippen LogP contribution in [0.1, 0.15) is 23.7 Å². The summed E-state index contributed by atoms with van der Waals surface area (Å²) in [6.45, 7) is 2.46. The van der Waals surface area contributed by atoms with Crippen LogP contribution < -0.4 is 19.5 Å². The molecule has 2 aromatic rings. The average molecular weight is 448 g/mol. The highest BCUT2D eigenvalue weighted by Crippen LogP contribution is 2.37. The Morgan fingerprint density at radius 1 is 1.19 bits per heavy atom. The van der Waals surface area contributed by atoms with Crippen molar-refractivity contribution in [3.8, 4) is 17.2 Å². The third-order valence-corrected chi connectivity index (χ3v) is 3.88. The Hall–Kier alpha value is -2.42. The summed E-state index contributed by atoms with van der Waals surface area (Å²) in [6.07, 6.45) is -3.96. The molecule has 27 heavy (non-hydrogen) atoms. The Kier molecular flexibility index (Phi) is 6.95. The maximum absolute atomic E-state index is 12.4. The van der Waals surface area contributed by atoms with E-state index in [2.05, 4.69) is 26.0 Å². The predicted octanol–water partition coefficient (Wildman–Crippen LogP) is 5.40. The van der Waals surface area contributed by atoms with Gasteiger partial charge in [0, 0.05) is 11.3 Å². The number of hydrogen-bond acceptors (Lipinski definition) is 4. The van der Waals surface area contributed by atoms with Crippen molar-refractivity contribution in [1.29, 1.82) is 0 Å². The van der Waals surface area contributed by atoms with Gasteiger partial charge >= 0.3 is 6.36 Å². The molecule has 0 aliphatic carbocycles. The van der Waals surface area contributed by atoms with E-state index in [9.17, 15) is 18.0 Å². The molecule has 0 aromatic heterocycles. The van der Waals surface area contributed by atoms with E-state index in [-0.39, 0.29) is 11.3 Å². The van der Waals surface area contributed by atoms with Crippen molar-refractivity contribution >= 4 is 27.5 Å². The molecule has 5 nitrogen and oxygen atoms in total. The van der Waals surface area contributed by atoms with Crippen molar-refractivity contribution in [3.05, 3.63) is 46.4 Å². The van der Waals surface area contributed by atoms with Crippen molar-refractivity contribution in [1.82, 2.24) is 0 Å². The van der Waals surface area contributed by atoms with Gasteiger partial charge in [-0.25, -0.2) is 0 Å². The summed E-state index contributed by atoms with van der Waals surface area (Å²) < 4.78 is 51.7. The van der Waals surface area contributed by atoms with Crippen LogP contribution in [-0.4, -0.2) is 26.0 Å². The van der Waals surface area contributed by atoms with Crippen LogP contribution in [-0.2, 0) is 0 Å². The number of ether oxygens (including phenoxy) is 3. The minimum atomic E-state index is -4.77. The number of methoxy groups -OCH3 is 1. The second-order valence-corrected chi connectivity index (χ2v) is 6.22. The highest BCUT2D eigenvalue weighted by Gasteiger charge is 2.31. The molecule has 0 atom stereocenters. The average Bonchev–Trinajstić information content (AvgIpc) is 2.60. The van der Waals surface area contributed by atoms with Gasteiger partial charge < -0.3 is 19.5 Å². The van der Waals surface area contributed by atoms with Crippen LogP contribution >= 0.6 is 15.9 Å². The number of carbonyl (C=O) groups is 1. The van der Waals surface area contributed by atoms with Gasteiger partial charge in [-0.3, -0.25) is 4.79 Å². The standard InChI is InChI=1S/C18H17BrF3NO4/c1-3-8-26-16-14(19)9-11(10-15(16)25-2)17(24)23-12-4-6-13(7-5-12)27-18(20,21)22/h4-7,9-10H,3,8H2,1-2H3,(H,23,24). The first-order valence-corrected chi connectivity index (χ1v) is 8.70.